The van der Waals surface area contributed by atoms with Crippen LogP contribution in [-0.2, 0) is 4.79 Å². The summed E-state index contributed by atoms with van der Waals surface area (Å²) < 4.78 is 0. The van der Waals surface area contributed by atoms with Gasteiger partial charge in [0.1, 0.15) is 0 Å². The maximum absolute atomic E-state index is 12.4. The van der Waals surface area contributed by atoms with Gasteiger partial charge in [-0.15, -0.1) is 0 Å². The van der Waals surface area contributed by atoms with Gasteiger partial charge in [0, 0.05) is 31.8 Å². The van der Waals surface area contributed by atoms with Crippen LogP contribution in [0.3, 0.4) is 0 Å². The predicted molar refractivity (Wildman–Crippen MR) is 92.5 cm³/mol. The standard InChI is InChI=1S/C21H21NO2/c1-22(2)16(23)11-21(24)19-14-9-5-3-7-12(14)17-18(20(17)21)13-8-4-6-10-15(13)19/h3-7,9-10,17,19-20,24H,8,11H2,1-2H3. The zero-order chi connectivity index (χ0) is 16.6. The van der Waals surface area contributed by atoms with Gasteiger partial charge in [-0.1, -0.05) is 48.1 Å². The summed E-state index contributed by atoms with van der Waals surface area (Å²) in [5.74, 6) is 0.317. The third kappa shape index (κ3) is 1.58. The largest absolute Gasteiger partial charge is 0.388 e. The van der Waals surface area contributed by atoms with Gasteiger partial charge in [0.2, 0.25) is 5.91 Å². The van der Waals surface area contributed by atoms with E-state index in [1.54, 1.807) is 19.0 Å². The highest BCUT2D eigenvalue weighted by Gasteiger charge is 2.69. The fourth-order valence-corrected chi connectivity index (χ4v) is 5.23. The molecule has 0 radical (unpaired) electrons. The minimum absolute atomic E-state index is 0.00211. The molecular weight excluding hydrogens is 298 g/mol. The van der Waals surface area contributed by atoms with Crippen LogP contribution in [0, 0.1) is 5.92 Å². The van der Waals surface area contributed by atoms with Gasteiger partial charge >= 0.3 is 0 Å². The predicted octanol–water partition coefficient (Wildman–Crippen LogP) is 2.90. The number of benzene rings is 1. The third-order valence-corrected chi connectivity index (χ3v) is 6.25. The lowest BCUT2D eigenvalue weighted by Crippen LogP contribution is -2.48. The SMILES string of the molecule is CN(C)C(=O)CC1(O)C2C3=CC=CCC3=C3C(c4ccccc42)C31. The minimum Gasteiger partial charge on any atom is -0.388 e. The van der Waals surface area contributed by atoms with Crippen molar-refractivity contribution in [3.05, 3.63) is 70.3 Å². The highest BCUT2D eigenvalue weighted by atomic mass is 16.3. The van der Waals surface area contributed by atoms with Crippen LogP contribution in [-0.4, -0.2) is 35.6 Å². The maximum atomic E-state index is 12.4. The van der Waals surface area contributed by atoms with Crippen molar-refractivity contribution in [1.29, 1.82) is 0 Å². The van der Waals surface area contributed by atoms with Crippen LogP contribution < -0.4 is 0 Å². The molecule has 0 spiro atoms. The van der Waals surface area contributed by atoms with Crippen LogP contribution in [0.25, 0.3) is 0 Å². The number of hydrogen-bond donors (Lipinski definition) is 1. The zero-order valence-electron chi connectivity index (χ0n) is 14.0. The first-order valence-electron chi connectivity index (χ1n) is 8.65. The molecule has 0 aromatic heterocycles. The molecule has 0 saturated heterocycles. The summed E-state index contributed by atoms with van der Waals surface area (Å²) in [6.07, 6.45) is 7.58. The Hall–Kier alpha value is -2.13. The lowest BCUT2D eigenvalue weighted by Gasteiger charge is -2.44. The molecule has 2 bridgehead atoms. The molecular formula is C21H21NO2. The van der Waals surface area contributed by atoms with Crippen LogP contribution in [0.5, 0.6) is 0 Å². The molecule has 1 saturated carbocycles. The van der Waals surface area contributed by atoms with E-state index in [1.165, 1.54) is 27.8 Å². The number of fused-ring (bicyclic) bond motifs is 7. The van der Waals surface area contributed by atoms with Crippen LogP contribution in [0.15, 0.2) is 59.2 Å². The fraction of sp³-hybridized carbons (Fsp3) is 0.381. The molecule has 1 aromatic carbocycles. The first-order valence-corrected chi connectivity index (χ1v) is 8.65. The summed E-state index contributed by atoms with van der Waals surface area (Å²) in [5, 5.41) is 11.7. The van der Waals surface area contributed by atoms with Crippen molar-refractivity contribution in [3.8, 4) is 0 Å². The minimum atomic E-state index is -0.990. The molecule has 1 amide bonds. The highest BCUT2D eigenvalue weighted by Crippen LogP contribution is 2.74. The van der Waals surface area contributed by atoms with E-state index in [4.69, 9.17) is 0 Å². The van der Waals surface area contributed by atoms with Gasteiger partial charge in [0.15, 0.2) is 0 Å². The van der Waals surface area contributed by atoms with Gasteiger partial charge < -0.3 is 10.0 Å². The van der Waals surface area contributed by atoms with Crippen molar-refractivity contribution >= 4 is 5.91 Å². The molecule has 1 aromatic rings. The average Bonchev–Trinajstić information content (AvgIpc) is 3.33. The van der Waals surface area contributed by atoms with Crippen molar-refractivity contribution < 1.29 is 9.90 Å². The Kier molecular flexibility index (Phi) is 2.66. The van der Waals surface area contributed by atoms with Crippen LogP contribution in [0.1, 0.15) is 35.8 Å². The van der Waals surface area contributed by atoms with E-state index in [0.29, 0.717) is 5.92 Å². The van der Waals surface area contributed by atoms with Gasteiger partial charge in [-0.2, -0.15) is 0 Å². The Balaban J connectivity index is 1.73. The first-order chi connectivity index (χ1) is 11.5. The average molecular weight is 319 g/mol. The van der Waals surface area contributed by atoms with Crippen LogP contribution in [0.4, 0.5) is 0 Å². The van der Waals surface area contributed by atoms with E-state index in [9.17, 15) is 9.90 Å². The number of hydrogen-bond acceptors (Lipinski definition) is 2. The van der Waals surface area contributed by atoms with Crippen LogP contribution in [0.2, 0.25) is 0 Å². The van der Waals surface area contributed by atoms with Gasteiger partial charge in [-0.25, -0.2) is 0 Å². The smallest absolute Gasteiger partial charge is 0.225 e. The summed E-state index contributed by atoms with van der Waals surface area (Å²) in [4.78, 5) is 14.0. The molecule has 0 heterocycles. The highest BCUT2D eigenvalue weighted by molar-refractivity contribution is 5.80. The van der Waals surface area contributed by atoms with E-state index in [0.717, 1.165) is 6.42 Å². The van der Waals surface area contributed by atoms with Crippen LogP contribution >= 0.6 is 0 Å². The number of allylic oxidation sites excluding steroid dienone is 4. The lowest BCUT2D eigenvalue weighted by molar-refractivity contribution is -0.136. The van der Waals surface area contributed by atoms with Crippen molar-refractivity contribution in [2.45, 2.75) is 30.3 Å². The molecule has 3 heteroatoms. The lowest BCUT2D eigenvalue weighted by atomic mass is 9.63. The van der Waals surface area contributed by atoms with Gasteiger partial charge in [-0.05, 0) is 28.7 Å². The molecule has 1 N–H and O–H groups in total. The number of nitrogens with zero attached hydrogens (tertiary/aromatic N) is 1. The van der Waals surface area contributed by atoms with E-state index in [1.807, 2.05) is 6.07 Å². The maximum Gasteiger partial charge on any atom is 0.225 e. The second-order valence-corrected chi connectivity index (χ2v) is 7.66. The van der Waals surface area contributed by atoms with E-state index >= 15 is 0 Å². The van der Waals surface area contributed by atoms with E-state index in [2.05, 4.69) is 36.4 Å². The van der Waals surface area contributed by atoms with Crippen molar-refractivity contribution in [2.75, 3.05) is 14.1 Å². The zero-order valence-corrected chi connectivity index (χ0v) is 14.0. The summed E-state index contributed by atoms with van der Waals surface area (Å²) in [6, 6.07) is 8.47. The molecule has 4 atom stereocenters. The molecule has 4 aliphatic rings. The molecule has 1 fully saturated rings. The third-order valence-electron chi connectivity index (χ3n) is 6.25. The Morgan fingerprint density at radius 2 is 2.04 bits per heavy atom. The van der Waals surface area contributed by atoms with Crippen molar-refractivity contribution in [1.82, 2.24) is 4.90 Å². The molecule has 24 heavy (non-hydrogen) atoms. The number of rotatable bonds is 2. The Bertz CT molecular complexity index is 860. The van der Waals surface area contributed by atoms with Gasteiger partial charge in [-0.3, -0.25) is 4.79 Å². The second-order valence-electron chi connectivity index (χ2n) is 7.66. The fourth-order valence-electron chi connectivity index (χ4n) is 5.23. The van der Waals surface area contributed by atoms with Crippen molar-refractivity contribution in [2.24, 2.45) is 5.92 Å². The van der Waals surface area contributed by atoms with Crippen molar-refractivity contribution in [3.63, 3.8) is 0 Å². The number of aliphatic hydroxyl groups is 1. The monoisotopic (exact) mass is 319 g/mol. The molecule has 0 aliphatic heterocycles. The quantitative estimate of drug-likeness (QED) is 0.910. The Labute approximate surface area is 142 Å². The topological polar surface area (TPSA) is 40.5 Å². The van der Waals surface area contributed by atoms with Gasteiger partial charge in [0.05, 0.1) is 12.0 Å². The Morgan fingerprint density at radius 1 is 1.29 bits per heavy atom. The first kappa shape index (κ1) is 14.2. The molecule has 3 nitrogen and oxygen atoms in total. The Morgan fingerprint density at radius 3 is 2.79 bits per heavy atom. The molecule has 5 rings (SSSR count). The molecule has 4 aliphatic carbocycles. The van der Waals surface area contributed by atoms with E-state index < -0.39 is 5.60 Å². The number of amides is 1. The number of carbonyl (C=O) groups is 1. The summed E-state index contributed by atoms with van der Waals surface area (Å²) in [6.45, 7) is 0. The summed E-state index contributed by atoms with van der Waals surface area (Å²) in [7, 11) is 3.52. The van der Waals surface area contributed by atoms with Gasteiger partial charge in [0.25, 0.3) is 0 Å². The number of carbonyl (C=O) groups excluding carboxylic acids is 1. The normalized spacial score (nSPS) is 34.3. The van der Waals surface area contributed by atoms with E-state index in [-0.39, 0.29) is 24.2 Å². The second kappa shape index (κ2) is 4.48. The summed E-state index contributed by atoms with van der Waals surface area (Å²) in [5.41, 5.74) is 5.59. The molecule has 4 unspecified atom stereocenters. The summed E-state index contributed by atoms with van der Waals surface area (Å²) >= 11 is 0. The molecule has 122 valence electrons.